The van der Waals surface area contributed by atoms with Gasteiger partial charge in [0.15, 0.2) is 0 Å². The summed E-state index contributed by atoms with van der Waals surface area (Å²) in [6, 6.07) is 0. The molecule has 1 aromatic heterocycles. The van der Waals surface area contributed by atoms with E-state index in [-0.39, 0.29) is 17.8 Å². The van der Waals surface area contributed by atoms with Gasteiger partial charge < -0.3 is 9.64 Å². The maximum atomic E-state index is 12.4. The lowest BCUT2D eigenvalue weighted by atomic mass is 9.97. The standard InChI is InChI=1S/C16H26N4O3/c1-4-23-16(22)14-5-7-20(8-6-14)15(21)12-18(2)10-13-9-17-19(3)11-13/h9,11,14H,4-8,10,12H2,1-3H3. The fourth-order valence-electron chi connectivity index (χ4n) is 2.88. The molecule has 0 bridgehead atoms. The van der Waals surface area contributed by atoms with Crippen LogP contribution in [0.15, 0.2) is 12.4 Å². The molecule has 1 fully saturated rings. The first kappa shape index (κ1) is 17.5. The molecule has 0 N–H and O–H groups in total. The Morgan fingerprint density at radius 2 is 2.09 bits per heavy atom. The highest BCUT2D eigenvalue weighted by Crippen LogP contribution is 2.19. The lowest BCUT2D eigenvalue weighted by molar-refractivity contribution is -0.151. The maximum absolute atomic E-state index is 12.4. The highest BCUT2D eigenvalue weighted by molar-refractivity contribution is 5.79. The van der Waals surface area contributed by atoms with Crippen molar-refractivity contribution < 1.29 is 14.3 Å². The molecule has 0 spiro atoms. The summed E-state index contributed by atoms with van der Waals surface area (Å²) in [5.74, 6) is -0.0842. The van der Waals surface area contributed by atoms with E-state index in [0.29, 0.717) is 45.6 Å². The second-order valence-corrected chi connectivity index (χ2v) is 6.10. The third kappa shape index (κ3) is 5.06. The molecule has 1 aliphatic heterocycles. The van der Waals surface area contributed by atoms with Gasteiger partial charge in [0.1, 0.15) is 0 Å². The van der Waals surface area contributed by atoms with E-state index in [4.69, 9.17) is 4.74 Å². The van der Waals surface area contributed by atoms with Gasteiger partial charge >= 0.3 is 5.97 Å². The Morgan fingerprint density at radius 1 is 1.39 bits per heavy atom. The number of carbonyl (C=O) groups excluding carboxylic acids is 2. The topological polar surface area (TPSA) is 67.7 Å². The van der Waals surface area contributed by atoms with E-state index in [2.05, 4.69) is 5.10 Å². The number of aromatic nitrogens is 2. The average Bonchev–Trinajstić information content (AvgIpc) is 2.92. The van der Waals surface area contributed by atoms with Crippen molar-refractivity contribution in [3.8, 4) is 0 Å². The predicted octanol–water partition coefficient (Wildman–Crippen LogP) is 0.654. The first-order valence-electron chi connectivity index (χ1n) is 8.10. The molecule has 1 saturated heterocycles. The number of carbonyl (C=O) groups is 2. The van der Waals surface area contributed by atoms with E-state index in [9.17, 15) is 9.59 Å². The summed E-state index contributed by atoms with van der Waals surface area (Å²) in [6.07, 6.45) is 5.14. The van der Waals surface area contributed by atoms with Crippen molar-refractivity contribution in [1.82, 2.24) is 19.6 Å². The van der Waals surface area contributed by atoms with Crippen LogP contribution in [-0.2, 0) is 27.9 Å². The van der Waals surface area contributed by atoms with Gasteiger partial charge in [-0.15, -0.1) is 0 Å². The summed E-state index contributed by atoms with van der Waals surface area (Å²) in [5.41, 5.74) is 1.09. The van der Waals surface area contributed by atoms with Crippen molar-refractivity contribution in [2.45, 2.75) is 26.3 Å². The van der Waals surface area contributed by atoms with Crippen LogP contribution in [0.3, 0.4) is 0 Å². The molecule has 1 amide bonds. The predicted molar refractivity (Wildman–Crippen MR) is 85.5 cm³/mol. The van der Waals surface area contributed by atoms with Crippen LogP contribution < -0.4 is 0 Å². The summed E-state index contributed by atoms with van der Waals surface area (Å²) >= 11 is 0. The van der Waals surface area contributed by atoms with Crippen molar-refractivity contribution in [2.24, 2.45) is 13.0 Å². The number of amides is 1. The lowest BCUT2D eigenvalue weighted by Gasteiger charge is -2.32. The van der Waals surface area contributed by atoms with E-state index >= 15 is 0 Å². The zero-order chi connectivity index (χ0) is 16.8. The van der Waals surface area contributed by atoms with Gasteiger partial charge in [-0.1, -0.05) is 0 Å². The summed E-state index contributed by atoms with van der Waals surface area (Å²) in [5, 5.41) is 4.13. The Labute approximate surface area is 137 Å². The van der Waals surface area contributed by atoms with Gasteiger partial charge in [0.2, 0.25) is 5.91 Å². The van der Waals surface area contributed by atoms with Crippen molar-refractivity contribution >= 4 is 11.9 Å². The molecule has 0 aliphatic carbocycles. The number of piperidine rings is 1. The van der Waals surface area contributed by atoms with Crippen molar-refractivity contribution in [3.63, 3.8) is 0 Å². The van der Waals surface area contributed by atoms with Gasteiger partial charge in [0.25, 0.3) is 0 Å². The van der Waals surface area contributed by atoms with Crippen LogP contribution in [-0.4, -0.2) is 64.7 Å². The van der Waals surface area contributed by atoms with Crippen LogP contribution in [0.5, 0.6) is 0 Å². The quantitative estimate of drug-likeness (QED) is 0.720. The number of aryl methyl sites for hydroxylation is 1. The summed E-state index contributed by atoms with van der Waals surface area (Å²) < 4.78 is 6.81. The minimum atomic E-state index is -0.131. The molecular formula is C16H26N4O3. The average molecular weight is 322 g/mol. The number of likely N-dealkylation sites (N-methyl/N-ethyl adjacent to an activating group) is 1. The van der Waals surface area contributed by atoms with Gasteiger partial charge in [0.05, 0.1) is 25.3 Å². The van der Waals surface area contributed by atoms with E-state index in [1.165, 1.54) is 0 Å². The Morgan fingerprint density at radius 3 is 2.65 bits per heavy atom. The van der Waals surface area contributed by atoms with E-state index in [1.807, 2.05) is 43.2 Å². The Balaban J connectivity index is 1.75. The van der Waals surface area contributed by atoms with Crippen molar-refractivity contribution in [1.29, 1.82) is 0 Å². The van der Waals surface area contributed by atoms with Gasteiger partial charge in [0, 0.05) is 38.4 Å². The normalized spacial score (nSPS) is 15.9. The number of hydrogen-bond acceptors (Lipinski definition) is 5. The molecule has 7 nitrogen and oxygen atoms in total. The highest BCUT2D eigenvalue weighted by Gasteiger charge is 2.28. The molecule has 0 radical (unpaired) electrons. The maximum Gasteiger partial charge on any atom is 0.309 e. The summed E-state index contributed by atoms with van der Waals surface area (Å²) in [4.78, 5) is 27.9. The van der Waals surface area contributed by atoms with Crippen LogP contribution in [0.1, 0.15) is 25.3 Å². The Kier molecular flexibility index (Phi) is 6.15. The minimum absolute atomic E-state index is 0.0628. The fourth-order valence-corrected chi connectivity index (χ4v) is 2.88. The molecule has 0 aromatic carbocycles. The molecular weight excluding hydrogens is 296 g/mol. The van der Waals surface area contributed by atoms with Crippen molar-refractivity contribution in [3.05, 3.63) is 18.0 Å². The Bertz CT molecular complexity index is 535. The number of ether oxygens (including phenoxy) is 1. The Hall–Kier alpha value is -1.89. The number of likely N-dealkylation sites (tertiary alicyclic amines) is 1. The van der Waals surface area contributed by atoms with E-state index < -0.39 is 0 Å². The largest absolute Gasteiger partial charge is 0.466 e. The first-order valence-corrected chi connectivity index (χ1v) is 8.10. The molecule has 2 heterocycles. The lowest BCUT2D eigenvalue weighted by Crippen LogP contribution is -2.44. The van der Waals surface area contributed by atoms with E-state index in [0.717, 1.165) is 5.56 Å². The zero-order valence-electron chi connectivity index (χ0n) is 14.2. The molecule has 23 heavy (non-hydrogen) atoms. The SMILES string of the molecule is CCOC(=O)C1CCN(C(=O)CN(C)Cc2cnn(C)c2)CC1. The van der Waals surface area contributed by atoms with Crippen LogP contribution in [0, 0.1) is 5.92 Å². The molecule has 1 aromatic rings. The third-order valence-corrected chi connectivity index (χ3v) is 4.08. The molecule has 0 atom stereocenters. The first-order chi connectivity index (χ1) is 11.0. The van der Waals surface area contributed by atoms with Gasteiger partial charge in [-0.2, -0.15) is 5.10 Å². The molecule has 1 aliphatic rings. The van der Waals surface area contributed by atoms with Crippen LogP contribution in [0.2, 0.25) is 0 Å². The highest BCUT2D eigenvalue weighted by atomic mass is 16.5. The number of esters is 1. The molecule has 2 rings (SSSR count). The molecule has 7 heteroatoms. The number of rotatable bonds is 6. The fraction of sp³-hybridized carbons (Fsp3) is 0.688. The van der Waals surface area contributed by atoms with E-state index in [1.54, 1.807) is 4.68 Å². The molecule has 128 valence electrons. The second-order valence-electron chi connectivity index (χ2n) is 6.10. The van der Waals surface area contributed by atoms with Gasteiger partial charge in [-0.3, -0.25) is 19.2 Å². The number of hydrogen-bond donors (Lipinski definition) is 0. The smallest absolute Gasteiger partial charge is 0.309 e. The monoisotopic (exact) mass is 322 g/mol. The molecule has 0 unspecified atom stereocenters. The second kappa shape index (κ2) is 8.10. The van der Waals surface area contributed by atoms with Gasteiger partial charge in [-0.25, -0.2) is 0 Å². The van der Waals surface area contributed by atoms with Crippen LogP contribution in [0.4, 0.5) is 0 Å². The zero-order valence-corrected chi connectivity index (χ0v) is 14.2. The molecule has 0 saturated carbocycles. The van der Waals surface area contributed by atoms with Crippen LogP contribution >= 0.6 is 0 Å². The number of nitrogens with zero attached hydrogens (tertiary/aromatic N) is 4. The minimum Gasteiger partial charge on any atom is -0.466 e. The summed E-state index contributed by atoms with van der Waals surface area (Å²) in [6.45, 7) is 4.55. The van der Waals surface area contributed by atoms with Crippen LogP contribution in [0.25, 0.3) is 0 Å². The van der Waals surface area contributed by atoms with Gasteiger partial charge in [-0.05, 0) is 26.8 Å². The van der Waals surface area contributed by atoms with Crippen molar-refractivity contribution in [2.75, 3.05) is 33.3 Å². The third-order valence-electron chi connectivity index (χ3n) is 4.08. The summed E-state index contributed by atoms with van der Waals surface area (Å²) in [7, 11) is 3.80.